The molecule has 2 rings (SSSR count). The lowest BCUT2D eigenvalue weighted by Gasteiger charge is -2.12. The van der Waals surface area contributed by atoms with Crippen LogP contribution in [0.4, 0.5) is 5.69 Å². The number of benzene rings is 1. The SMILES string of the molecule is Cc1cc(Cl)ccc1NC(=O)C1CCCO1. The van der Waals surface area contributed by atoms with Crippen molar-refractivity contribution in [1.29, 1.82) is 0 Å². The van der Waals surface area contributed by atoms with Crippen molar-refractivity contribution in [3.05, 3.63) is 28.8 Å². The van der Waals surface area contributed by atoms with Gasteiger partial charge in [-0.25, -0.2) is 0 Å². The van der Waals surface area contributed by atoms with Gasteiger partial charge in [0.2, 0.25) is 0 Å². The zero-order valence-corrected chi connectivity index (χ0v) is 9.88. The van der Waals surface area contributed by atoms with Gasteiger partial charge in [-0.3, -0.25) is 4.79 Å². The van der Waals surface area contributed by atoms with Gasteiger partial charge in [0.05, 0.1) is 0 Å². The Hall–Kier alpha value is -1.06. The zero-order chi connectivity index (χ0) is 11.5. The predicted molar refractivity (Wildman–Crippen MR) is 63.8 cm³/mol. The van der Waals surface area contributed by atoms with Gasteiger partial charge in [0.25, 0.3) is 5.91 Å². The second-order valence-corrected chi connectivity index (χ2v) is 4.39. The molecule has 86 valence electrons. The molecule has 0 radical (unpaired) electrons. The van der Waals surface area contributed by atoms with Crippen molar-refractivity contribution in [2.75, 3.05) is 11.9 Å². The van der Waals surface area contributed by atoms with Gasteiger partial charge in [-0.1, -0.05) is 11.6 Å². The van der Waals surface area contributed by atoms with Crippen molar-refractivity contribution in [3.63, 3.8) is 0 Å². The Kier molecular flexibility index (Phi) is 3.46. The van der Waals surface area contributed by atoms with Gasteiger partial charge in [0.15, 0.2) is 0 Å². The summed E-state index contributed by atoms with van der Waals surface area (Å²) in [5, 5.41) is 3.53. The Morgan fingerprint density at radius 1 is 1.56 bits per heavy atom. The van der Waals surface area contributed by atoms with Crippen LogP contribution in [-0.2, 0) is 9.53 Å². The molecule has 0 saturated carbocycles. The Balaban J connectivity index is 2.05. The number of carbonyl (C=O) groups is 1. The Labute approximate surface area is 99.7 Å². The fourth-order valence-corrected chi connectivity index (χ4v) is 1.99. The van der Waals surface area contributed by atoms with Crippen LogP contribution in [0.1, 0.15) is 18.4 Å². The molecule has 1 N–H and O–H groups in total. The third-order valence-electron chi connectivity index (χ3n) is 2.67. The van der Waals surface area contributed by atoms with Crippen molar-refractivity contribution in [3.8, 4) is 0 Å². The number of carbonyl (C=O) groups excluding carboxylic acids is 1. The summed E-state index contributed by atoms with van der Waals surface area (Å²) in [5.74, 6) is -0.0667. The Morgan fingerprint density at radius 2 is 2.38 bits per heavy atom. The summed E-state index contributed by atoms with van der Waals surface area (Å²) >= 11 is 5.84. The van der Waals surface area contributed by atoms with Crippen molar-refractivity contribution in [2.24, 2.45) is 0 Å². The maximum atomic E-state index is 11.8. The number of rotatable bonds is 2. The molecule has 1 aliphatic rings. The van der Waals surface area contributed by atoms with Crippen LogP contribution in [0, 0.1) is 6.92 Å². The van der Waals surface area contributed by atoms with Gasteiger partial charge in [0, 0.05) is 17.3 Å². The van der Waals surface area contributed by atoms with Crippen LogP contribution in [0.25, 0.3) is 0 Å². The van der Waals surface area contributed by atoms with E-state index in [9.17, 15) is 4.79 Å². The summed E-state index contributed by atoms with van der Waals surface area (Å²) in [7, 11) is 0. The number of nitrogens with one attached hydrogen (secondary N) is 1. The van der Waals surface area contributed by atoms with Crippen LogP contribution >= 0.6 is 11.6 Å². The van der Waals surface area contributed by atoms with Crippen LogP contribution in [0.2, 0.25) is 5.02 Å². The second kappa shape index (κ2) is 4.85. The lowest BCUT2D eigenvalue weighted by atomic mass is 10.2. The largest absolute Gasteiger partial charge is 0.368 e. The third-order valence-corrected chi connectivity index (χ3v) is 2.90. The lowest BCUT2D eigenvalue weighted by Crippen LogP contribution is -2.27. The summed E-state index contributed by atoms with van der Waals surface area (Å²) in [5.41, 5.74) is 1.75. The Bertz CT molecular complexity index is 400. The van der Waals surface area contributed by atoms with Gasteiger partial charge < -0.3 is 10.1 Å². The Morgan fingerprint density at radius 3 is 3.00 bits per heavy atom. The average Bonchev–Trinajstić information content (AvgIpc) is 2.75. The monoisotopic (exact) mass is 239 g/mol. The van der Waals surface area contributed by atoms with E-state index in [1.165, 1.54) is 0 Å². The molecule has 0 spiro atoms. The quantitative estimate of drug-likeness (QED) is 0.862. The van der Waals surface area contributed by atoms with Crippen LogP contribution < -0.4 is 5.32 Å². The highest BCUT2D eigenvalue weighted by atomic mass is 35.5. The normalized spacial score (nSPS) is 19.8. The second-order valence-electron chi connectivity index (χ2n) is 3.95. The van der Waals surface area contributed by atoms with E-state index < -0.39 is 0 Å². The first kappa shape index (κ1) is 11.4. The molecule has 16 heavy (non-hydrogen) atoms. The first-order valence-electron chi connectivity index (χ1n) is 5.35. The summed E-state index contributed by atoms with van der Waals surface area (Å²) in [6, 6.07) is 5.40. The highest BCUT2D eigenvalue weighted by molar-refractivity contribution is 6.30. The van der Waals surface area contributed by atoms with Gasteiger partial charge in [-0.2, -0.15) is 0 Å². The zero-order valence-electron chi connectivity index (χ0n) is 9.13. The molecule has 1 aromatic carbocycles. The molecular formula is C12H14ClNO2. The molecule has 0 bridgehead atoms. The molecule has 1 fully saturated rings. The molecular weight excluding hydrogens is 226 g/mol. The van der Waals surface area contributed by atoms with Crippen LogP contribution in [0.5, 0.6) is 0 Å². The standard InChI is InChI=1S/C12H14ClNO2/c1-8-7-9(13)4-5-10(8)14-12(15)11-3-2-6-16-11/h4-5,7,11H,2-3,6H2,1H3,(H,14,15). The van der Waals surface area contributed by atoms with Gasteiger partial charge in [-0.15, -0.1) is 0 Å². The average molecular weight is 240 g/mol. The fraction of sp³-hybridized carbons (Fsp3) is 0.417. The number of aryl methyl sites for hydroxylation is 1. The van der Waals surface area contributed by atoms with E-state index >= 15 is 0 Å². The van der Waals surface area contributed by atoms with Crippen molar-refractivity contribution >= 4 is 23.2 Å². The predicted octanol–water partition coefficient (Wildman–Crippen LogP) is 2.77. The minimum atomic E-state index is -0.296. The van der Waals surface area contributed by atoms with E-state index in [-0.39, 0.29) is 12.0 Å². The number of anilines is 1. The van der Waals surface area contributed by atoms with E-state index in [4.69, 9.17) is 16.3 Å². The number of amides is 1. The molecule has 0 aromatic heterocycles. The summed E-state index contributed by atoms with van der Waals surface area (Å²) in [4.78, 5) is 11.8. The smallest absolute Gasteiger partial charge is 0.253 e. The maximum Gasteiger partial charge on any atom is 0.253 e. The number of hydrogen-bond donors (Lipinski definition) is 1. The lowest BCUT2D eigenvalue weighted by molar-refractivity contribution is -0.124. The van der Waals surface area contributed by atoms with E-state index in [2.05, 4.69) is 5.32 Å². The molecule has 4 heteroatoms. The highest BCUT2D eigenvalue weighted by Gasteiger charge is 2.23. The minimum absolute atomic E-state index is 0.0667. The van der Waals surface area contributed by atoms with Gasteiger partial charge >= 0.3 is 0 Å². The fourth-order valence-electron chi connectivity index (χ4n) is 1.76. The molecule has 1 aromatic rings. The number of hydrogen-bond acceptors (Lipinski definition) is 2. The van der Waals surface area contributed by atoms with Crippen LogP contribution in [0.3, 0.4) is 0 Å². The van der Waals surface area contributed by atoms with Crippen molar-refractivity contribution < 1.29 is 9.53 Å². The van der Waals surface area contributed by atoms with Crippen molar-refractivity contribution in [2.45, 2.75) is 25.9 Å². The third kappa shape index (κ3) is 2.54. The van der Waals surface area contributed by atoms with E-state index in [1.54, 1.807) is 6.07 Å². The summed E-state index contributed by atoms with van der Waals surface area (Å²) in [6.45, 7) is 2.59. The molecule has 1 amide bonds. The minimum Gasteiger partial charge on any atom is -0.368 e. The van der Waals surface area contributed by atoms with E-state index in [1.807, 2.05) is 19.1 Å². The molecule has 1 aliphatic heterocycles. The first-order valence-corrected chi connectivity index (χ1v) is 5.73. The summed E-state index contributed by atoms with van der Waals surface area (Å²) < 4.78 is 5.31. The number of ether oxygens (including phenoxy) is 1. The number of halogens is 1. The molecule has 1 atom stereocenters. The highest BCUT2D eigenvalue weighted by Crippen LogP contribution is 2.21. The van der Waals surface area contributed by atoms with Crippen LogP contribution in [-0.4, -0.2) is 18.6 Å². The van der Waals surface area contributed by atoms with Crippen molar-refractivity contribution in [1.82, 2.24) is 0 Å². The van der Waals surface area contributed by atoms with Gasteiger partial charge in [0.1, 0.15) is 6.10 Å². The molecule has 3 nitrogen and oxygen atoms in total. The molecule has 1 heterocycles. The molecule has 1 unspecified atom stereocenters. The maximum absolute atomic E-state index is 11.8. The molecule has 1 saturated heterocycles. The van der Waals surface area contributed by atoms with E-state index in [0.29, 0.717) is 11.6 Å². The summed E-state index contributed by atoms with van der Waals surface area (Å²) in [6.07, 6.45) is 1.46. The molecule has 0 aliphatic carbocycles. The first-order chi connectivity index (χ1) is 7.66. The van der Waals surface area contributed by atoms with Crippen LogP contribution in [0.15, 0.2) is 18.2 Å². The van der Waals surface area contributed by atoms with E-state index in [0.717, 1.165) is 24.1 Å². The topological polar surface area (TPSA) is 38.3 Å². The van der Waals surface area contributed by atoms with Gasteiger partial charge in [-0.05, 0) is 43.5 Å².